The Kier molecular flexibility index (Phi) is 2.82. The van der Waals surface area contributed by atoms with Crippen molar-refractivity contribution in [1.82, 2.24) is 0 Å². The van der Waals surface area contributed by atoms with E-state index in [1.54, 1.807) is 0 Å². The van der Waals surface area contributed by atoms with Crippen LogP contribution in [-0.2, 0) is 0 Å². The van der Waals surface area contributed by atoms with Crippen LogP contribution in [0.15, 0.2) is 42.5 Å². The van der Waals surface area contributed by atoms with Crippen molar-refractivity contribution in [2.75, 3.05) is 5.32 Å². The topological polar surface area (TPSA) is 21.3 Å². The summed E-state index contributed by atoms with van der Waals surface area (Å²) in [6, 6.07) is 12.4. The Morgan fingerprint density at radius 2 is 1.86 bits per heavy atom. The van der Waals surface area contributed by atoms with Crippen molar-refractivity contribution in [2.24, 2.45) is 0 Å². The molecule has 0 fully saturated rings. The predicted molar refractivity (Wildman–Crippen MR) is 92.5 cm³/mol. The Morgan fingerprint density at radius 1 is 1.09 bits per heavy atom. The molecule has 2 aliphatic heterocycles. The molecule has 4 rings (SSSR count). The van der Waals surface area contributed by atoms with Gasteiger partial charge in [-0.3, -0.25) is 0 Å². The number of ether oxygens (including phenoxy) is 1. The van der Waals surface area contributed by atoms with E-state index in [9.17, 15) is 0 Å². The third-order valence-corrected chi connectivity index (χ3v) is 4.62. The predicted octanol–water partition coefficient (Wildman–Crippen LogP) is 5.59. The SMILES string of the molecule is CC1=CC(C)(C)Nc2ccc3c(c21)[C@H](Cl)Oc1ccccc1-3. The summed E-state index contributed by atoms with van der Waals surface area (Å²) in [5, 5.41) is 3.57. The van der Waals surface area contributed by atoms with Crippen LogP contribution < -0.4 is 10.1 Å². The summed E-state index contributed by atoms with van der Waals surface area (Å²) in [7, 11) is 0. The van der Waals surface area contributed by atoms with Crippen LogP contribution in [0.3, 0.4) is 0 Å². The fourth-order valence-corrected chi connectivity index (χ4v) is 3.90. The smallest absolute Gasteiger partial charge is 0.199 e. The van der Waals surface area contributed by atoms with Gasteiger partial charge in [0.15, 0.2) is 5.56 Å². The summed E-state index contributed by atoms with van der Waals surface area (Å²) in [5.74, 6) is 0.848. The molecule has 2 heterocycles. The Morgan fingerprint density at radius 3 is 2.68 bits per heavy atom. The number of hydrogen-bond donors (Lipinski definition) is 1. The molecule has 2 aromatic rings. The van der Waals surface area contributed by atoms with E-state index in [0.29, 0.717) is 0 Å². The van der Waals surface area contributed by atoms with Gasteiger partial charge in [0, 0.05) is 22.4 Å². The highest BCUT2D eigenvalue weighted by Crippen LogP contribution is 2.49. The second kappa shape index (κ2) is 4.53. The summed E-state index contributed by atoms with van der Waals surface area (Å²) < 4.78 is 5.94. The van der Waals surface area contributed by atoms with E-state index in [2.05, 4.69) is 50.4 Å². The maximum Gasteiger partial charge on any atom is 0.199 e. The first kappa shape index (κ1) is 13.7. The molecular formula is C19H18ClNO. The molecule has 2 nitrogen and oxygen atoms in total. The lowest BCUT2D eigenvalue weighted by molar-refractivity contribution is 0.284. The van der Waals surface area contributed by atoms with Gasteiger partial charge in [0.1, 0.15) is 5.75 Å². The first-order valence-corrected chi connectivity index (χ1v) is 7.95. The van der Waals surface area contributed by atoms with Crippen molar-refractivity contribution < 1.29 is 4.74 Å². The number of rotatable bonds is 0. The van der Waals surface area contributed by atoms with Crippen LogP contribution in [-0.4, -0.2) is 5.54 Å². The van der Waals surface area contributed by atoms with Crippen LogP contribution in [0, 0.1) is 0 Å². The Bertz CT molecular complexity index is 807. The first-order valence-electron chi connectivity index (χ1n) is 7.51. The molecule has 1 atom stereocenters. The molecule has 0 amide bonds. The second-order valence-electron chi connectivity index (χ2n) is 6.55. The Balaban J connectivity index is 2.01. The van der Waals surface area contributed by atoms with E-state index < -0.39 is 5.56 Å². The minimum atomic E-state index is -0.466. The third-order valence-electron chi connectivity index (χ3n) is 4.31. The van der Waals surface area contributed by atoms with E-state index in [4.69, 9.17) is 16.3 Å². The lowest BCUT2D eigenvalue weighted by Crippen LogP contribution is -2.32. The molecule has 0 unspecified atom stereocenters. The standard InChI is InChI=1S/C19H18ClNO/c1-11-10-19(2,3)21-14-9-8-13-12-6-4-5-7-15(12)22-18(20)17(13)16(11)14/h4-10,18,21H,1-3H3/t18-/m1/s1. The Labute approximate surface area is 135 Å². The summed E-state index contributed by atoms with van der Waals surface area (Å²) in [6.45, 7) is 6.48. The van der Waals surface area contributed by atoms with Crippen molar-refractivity contribution in [1.29, 1.82) is 0 Å². The normalized spacial score (nSPS) is 20.7. The lowest BCUT2D eigenvalue weighted by Gasteiger charge is -2.35. The van der Waals surface area contributed by atoms with Gasteiger partial charge >= 0.3 is 0 Å². The van der Waals surface area contributed by atoms with E-state index in [0.717, 1.165) is 28.1 Å². The summed E-state index contributed by atoms with van der Waals surface area (Å²) in [4.78, 5) is 0. The number of allylic oxidation sites excluding steroid dienone is 1. The molecule has 0 aliphatic carbocycles. The molecule has 0 saturated heterocycles. The van der Waals surface area contributed by atoms with Gasteiger partial charge in [-0.25, -0.2) is 0 Å². The average molecular weight is 312 g/mol. The van der Waals surface area contributed by atoms with E-state index in [1.165, 1.54) is 11.1 Å². The fourth-order valence-electron chi connectivity index (χ4n) is 3.58. The van der Waals surface area contributed by atoms with Crippen LogP contribution in [0.2, 0.25) is 0 Å². The van der Waals surface area contributed by atoms with Gasteiger partial charge in [0.2, 0.25) is 0 Å². The highest BCUT2D eigenvalue weighted by Gasteiger charge is 2.32. The van der Waals surface area contributed by atoms with Gasteiger partial charge in [-0.1, -0.05) is 41.9 Å². The van der Waals surface area contributed by atoms with Crippen LogP contribution >= 0.6 is 11.6 Å². The molecule has 0 spiro atoms. The van der Waals surface area contributed by atoms with E-state index in [-0.39, 0.29) is 5.54 Å². The molecule has 2 aliphatic rings. The van der Waals surface area contributed by atoms with Gasteiger partial charge in [-0.15, -0.1) is 0 Å². The average Bonchev–Trinajstić information content (AvgIpc) is 2.45. The van der Waals surface area contributed by atoms with Gasteiger partial charge in [0.05, 0.1) is 5.54 Å². The zero-order chi connectivity index (χ0) is 15.5. The zero-order valence-electron chi connectivity index (χ0n) is 12.9. The molecule has 2 aromatic carbocycles. The third kappa shape index (κ3) is 1.94. The van der Waals surface area contributed by atoms with Gasteiger partial charge < -0.3 is 10.1 Å². The number of alkyl halides is 1. The second-order valence-corrected chi connectivity index (χ2v) is 6.95. The van der Waals surface area contributed by atoms with Gasteiger partial charge in [-0.2, -0.15) is 0 Å². The number of fused-ring (bicyclic) bond motifs is 5. The first-order chi connectivity index (χ1) is 10.5. The maximum absolute atomic E-state index is 6.57. The lowest BCUT2D eigenvalue weighted by atomic mass is 9.84. The molecule has 0 bridgehead atoms. The Hall–Kier alpha value is -1.93. The van der Waals surface area contributed by atoms with Crippen molar-refractivity contribution in [3.8, 4) is 16.9 Å². The monoisotopic (exact) mass is 311 g/mol. The quantitative estimate of drug-likeness (QED) is 0.640. The van der Waals surface area contributed by atoms with Gasteiger partial charge in [0.25, 0.3) is 0 Å². The van der Waals surface area contributed by atoms with E-state index >= 15 is 0 Å². The largest absolute Gasteiger partial charge is 0.470 e. The molecule has 0 radical (unpaired) electrons. The van der Waals surface area contributed by atoms with Gasteiger partial charge in [-0.05, 0) is 44.0 Å². The van der Waals surface area contributed by atoms with Crippen LogP contribution in [0.5, 0.6) is 5.75 Å². The number of benzene rings is 2. The molecular weight excluding hydrogens is 294 g/mol. The number of halogens is 1. The van der Waals surface area contributed by atoms with Crippen molar-refractivity contribution in [3.05, 3.63) is 53.6 Å². The maximum atomic E-state index is 6.57. The van der Waals surface area contributed by atoms with Crippen molar-refractivity contribution in [3.63, 3.8) is 0 Å². The summed E-state index contributed by atoms with van der Waals surface area (Å²) >= 11 is 6.57. The highest BCUT2D eigenvalue weighted by molar-refractivity contribution is 6.21. The molecule has 0 aromatic heterocycles. The minimum Gasteiger partial charge on any atom is -0.470 e. The van der Waals surface area contributed by atoms with Crippen LogP contribution in [0.25, 0.3) is 16.7 Å². The molecule has 3 heteroatoms. The zero-order valence-corrected chi connectivity index (χ0v) is 13.7. The molecule has 0 saturated carbocycles. The number of anilines is 1. The number of hydrogen-bond acceptors (Lipinski definition) is 2. The van der Waals surface area contributed by atoms with Crippen LogP contribution in [0.4, 0.5) is 5.69 Å². The van der Waals surface area contributed by atoms with Crippen LogP contribution in [0.1, 0.15) is 37.5 Å². The highest BCUT2D eigenvalue weighted by atomic mass is 35.5. The molecule has 22 heavy (non-hydrogen) atoms. The number of para-hydroxylation sites is 1. The molecule has 112 valence electrons. The summed E-state index contributed by atoms with van der Waals surface area (Å²) in [5.41, 5.74) is 6.35. The fraction of sp³-hybridized carbons (Fsp3) is 0.263. The molecule has 1 N–H and O–H groups in total. The van der Waals surface area contributed by atoms with Crippen molar-refractivity contribution >= 4 is 22.9 Å². The van der Waals surface area contributed by atoms with Crippen molar-refractivity contribution in [2.45, 2.75) is 31.9 Å². The summed E-state index contributed by atoms with van der Waals surface area (Å²) in [6.07, 6.45) is 2.25. The number of nitrogens with one attached hydrogen (secondary N) is 1. The minimum absolute atomic E-state index is 0.0550. The van der Waals surface area contributed by atoms with E-state index in [1.807, 2.05) is 18.2 Å².